The maximum Gasteiger partial charge on any atom is 0.256 e. The average Bonchev–Trinajstić information content (AvgIpc) is 2.60. The Hall–Kier alpha value is -2.70. The van der Waals surface area contributed by atoms with Crippen molar-refractivity contribution in [2.75, 3.05) is 5.32 Å². The third-order valence-corrected chi connectivity index (χ3v) is 5.52. The molecule has 0 spiro atoms. The van der Waals surface area contributed by atoms with Crippen molar-refractivity contribution in [1.82, 2.24) is 4.72 Å². The quantitative estimate of drug-likeness (QED) is 0.720. The molecule has 0 aliphatic heterocycles. The maximum absolute atomic E-state index is 12.6. The summed E-state index contributed by atoms with van der Waals surface area (Å²) in [6.45, 7) is 3.52. The molecule has 3 aromatic rings. The molecule has 26 heavy (non-hydrogen) atoms. The predicted octanol–water partition coefficient (Wildman–Crippen LogP) is 3.78. The molecule has 0 aromatic heterocycles. The van der Waals surface area contributed by atoms with Gasteiger partial charge in [-0.2, -0.15) is 0 Å². The number of anilines is 1. The fraction of sp³-hybridized carbons (Fsp3) is 0.150. The van der Waals surface area contributed by atoms with E-state index in [1.54, 1.807) is 32.0 Å². The SMILES string of the molecule is CC(C)NS(=O)(=O)c1ccc(NC(=O)c2cccc3ccccc23)cc1. The summed E-state index contributed by atoms with van der Waals surface area (Å²) in [6.07, 6.45) is 0. The van der Waals surface area contributed by atoms with Gasteiger partial charge in [-0.15, -0.1) is 0 Å². The van der Waals surface area contributed by atoms with Gasteiger partial charge in [0.25, 0.3) is 5.91 Å². The van der Waals surface area contributed by atoms with Gasteiger partial charge in [-0.1, -0.05) is 36.4 Å². The van der Waals surface area contributed by atoms with Gasteiger partial charge in [0.05, 0.1) is 4.90 Å². The molecule has 0 atom stereocenters. The third kappa shape index (κ3) is 3.92. The first-order valence-corrected chi connectivity index (χ1v) is 9.76. The van der Waals surface area contributed by atoms with E-state index in [1.807, 2.05) is 36.4 Å². The van der Waals surface area contributed by atoms with Crippen molar-refractivity contribution in [3.05, 3.63) is 72.3 Å². The zero-order valence-corrected chi connectivity index (χ0v) is 15.4. The zero-order valence-electron chi connectivity index (χ0n) is 14.6. The molecule has 6 heteroatoms. The standard InChI is InChI=1S/C20H20N2O3S/c1-14(2)22-26(24,25)17-12-10-16(11-13-17)21-20(23)19-9-5-7-15-6-3-4-8-18(15)19/h3-14,22H,1-2H3,(H,21,23). The summed E-state index contributed by atoms with van der Waals surface area (Å²) < 4.78 is 26.8. The molecule has 1 amide bonds. The molecule has 0 radical (unpaired) electrons. The summed E-state index contributed by atoms with van der Waals surface area (Å²) in [6, 6.07) is 19.1. The molecule has 134 valence electrons. The van der Waals surface area contributed by atoms with Gasteiger partial charge in [-0.05, 0) is 55.0 Å². The lowest BCUT2D eigenvalue weighted by molar-refractivity contribution is 0.102. The van der Waals surface area contributed by atoms with Crippen molar-refractivity contribution in [2.45, 2.75) is 24.8 Å². The number of hydrogen-bond donors (Lipinski definition) is 2. The van der Waals surface area contributed by atoms with Crippen LogP contribution in [0.5, 0.6) is 0 Å². The van der Waals surface area contributed by atoms with Crippen LogP contribution in [0, 0.1) is 0 Å². The lowest BCUT2D eigenvalue weighted by Gasteiger charge is -2.11. The highest BCUT2D eigenvalue weighted by molar-refractivity contribution is 7.89. The molecule has 3 aromatic carbocycles. The second-order valence-corrected chi connectivity index (χ2v) is 8.00. The van der Waals surface area contributed by atoms with Gasteiger partial charge in [0.2, 0.25) is 10.0 Å². The second-order valence-electron chi connectivity index (χ2n) is 6.28. The average molecular weight is 368 g/mol. The van der Waals surface area contributed by atoms with Crippen LogP contribution in [0.15, 0.2) is 71.6 Å². The fourth-order valence-corrected chi connectivity index (χ4v) is 3.97. The van der Waals surface area contributed by atoms with E-state index < -0.39 is 10.0 Å². The van der Waals surface area contributed by atoms with Gasteiger partial charge < -0.3 is 5.32 Å². The van der Waals surface area contributed by atoms with E-state index in [4.69, 9.17) is 0 Å². The monoisotopic (exact) mass is 368 g/mol. The Balaban J connectivity index is 1.82. The predicted molar refractivity (Wildman–Crippen MR) is 104 cm³/mol. The van der Waals surface area contributed by atoms with E-state index >= 15 is 0 Å². The number of benzene rings is 3. The molecule has 0 aliphatic carbocycles. The number of carbonyl (C=O) groups is 1. The summed E-state index contributed by atoms with van der Waals surface area (Å²) in [5, 5.41) is 4.67. The first kappa shape index (κ1) is 18.1. The summed E-state index contributed by atoms with van der Waals surface area (Å²) in [4.78, 5) is 12.8. The second kappa shape index (κ2) is 7.27. The lowest BCUT2D eigenvalue weighted by atomic mass is 10.0. The summed E-state index contributed by atoms with van der Waals surface area (Å²) in [5.74, 6) is -0.238. The Morgan fingerprint density at radius 3 is 2.23 bits per heavy atom. The topological polar surface area (TPSA) is 75.3 Å². The van der Waals surface area contributed by atoms with E-state index in [0.717, 1.165) is 10.8 Å². The summed E-state index contributed by atoms with van der Waals surface area (Å²) >= 11 is 0. The van der Waals surface area contributed by atoms with Gasteiger partial charge in [0, 0.05) is 17.3 Å². The highest BCUT2D eigenvalue weighted by Crippen LogP contribution is 2.20. The van der Waals surface area contributed by atoms with Crippen LogP contribution in [0.2, 0.25) is 0 Å². The van der Waals surface area contributed by atoms with Crippen molar-refractivity contribution >= 4 is 32.4 Å². The molecule has 0 bridgehead atoms. The first-order valence-electron chi connectivity index (χ1n) is 8.28. The molecule has 0 aliphatic rings. The van der Waals surface area contributed by atoms with Gasteiger partial charge in [0.15, 0.2) is 0 Å². The number of fused-ring (bicyclic) bond motifs is 1. The van der Waals surface area contributed by atoms with Crippen LogP contribution in [-0.2, 0) is 10.0 Å². The first-order chi connectivity index (χ1) is 12.4. The molecule has 2 N–H and O–H groups in total. The minimum atomic E-state index is -3.55. The van der Waals surface area contributed by atoms with E-state index in [2.05, 4.69) is 10.0 Å². The third-order valence-electron chi connectivity index (χ3n) is 3.85. The molecule has 5 nitrogen and oxygen atoms in total. The Bertz CT molecular complexity index is 1040. The van der Waals surface area contributed by atoms with Crippen LogP contribution in [0.1, 0.15) is 24.2 Å². The minimum absolute atomic E-state index is 0.161. The fourth-order valence-electron chi connectivity index (χ4n) is 2.72. The van der Waals surface area contributed by atoms with Crippen molar-refractivity contribution in [2.24, 2.45) is 0 Å². The van der Waals surface area contributed by atoms with E-state index in [0.29, 0.717) is 11.3 Å². The van der Waals surface area contributed by atoms with E-state index in [1.165, 1.54) is 12.1 Å². The Morgan fingerprint density at radius 1 is 0.885 bits per heavy atom. The Kier molecular flexibility index (Phi) is 5.06. The van der Waals surface area contributed by atoms with Crippen LogP contribution in [-0.4, -0.2) is 20.4 Å². The largest absolute Gasteiger partial charge is 0.322 e. The smallest absolute Gasteiger partial charge is 0.256 e. The van der Waals surface area contributed by atoms with Crippen molar-refractivity contribution < 1.29 is 13.2 Å². The van der Waals surface area contributed by atoms with Crippen molar-refractivity contribution in [1.29, 1.82) is 0 Å². The van der Waals surface area contributed by atoms with Gasteiger partial charge in [-0.3, -0.25) is 4.79 Å². The molecular weight excluding hydrogens is 348 g/mol. The van der Waals surface area contributed by atoms with Gasteiger partial charge in [-0.25, -0.2) is 13.1 Å². The molecule has 0 fully saturated rings. The number of amides is 1. The lowest BCUT2D eigenvalue weighted by Crippen LogP contribution is -2.30. The normalized spacial score (nSPS) is 11.7. The number of nitrogens with one attached hydrogen (secondary N) is 2. The number of rotatable bonds is 5. The number of sulfonamides is 1. The molecule has 0 saturated carbocycles. The molecule has 3 rings (SSSR count). The molecular formula is C20H20N2O3S. The van der Waals surface area contributed by atoms with E-state index in [9.17, 15) is 13.2 Å². The van der Waals surface area contributed by atoms with Crippen molar-refractivity contribution in [3.63, 3.8) is 0 Å². The highest BCUT2D eigenvalue weighted by Gasteiger charge is 2.15. The Labute approximate surface area is 153 Å². The molecule has 0 saturated heterocycles. The van der Waals surface area contributed by atoms with Crippen LogP contribution in [0.25, 0.3) is 10.8 Å². The number of hydrogen-bond acceptors (Lipinski definition) is 3. The van der Waals surface area contributed by atoms with Gasteiger partial charge in [0.1, 0.15) is 0 Å². The van der Waals surface area contributed by atoms with Crippen LogP contribution in [0.4, 0.5) is 5.69 Å². The van der Waals surface area contributed by atoms with E-state index in [-0.39, 0.29) is 16.8 Å². The van der Waals surface area contributed by atoms with Crippen LogP contribution >= 0.6 is 0 Å². The Morgan fingerprint density at radius 2 is 1.54 bits per heavy atom. The summed E-state index contributed by atoms with van der Waals surface area (Å²) in [7, 11) is -3.55. The zero-order chi connectivity index (χ0) is 18.7. The van der Waals surface area contributed by atoms with Gasteiger partial charge >= 0.3 is 0 Å². The highest BCUT2D eigenvalue weighted by atomic mass is 32.2. The minimum Gasteiger partial charge on any atom is -0.322 e. The van der Waals surface area contributed by atoms with Crippen LogP contribution < -0.4 is 10.0 Å². The molecule has 0 heterocycles. The van der Waals surface area contributed by atoms with Crippen LogP contribution in [0.3, 0.4) is 0 Å². The number of carbonyl (C=O) groups excluding carboxylic acids is 1. The summed E-state index contributed by atoms with van der Waals surface area (Å²) in [5.41, 5.74) is 1.10. The maximum atomic E-state index is 12.6. The molecule has 0 unspecified atom stereocenters. The van der Waals surface area contributed by atoms with Crippen molar-refractivity contribution in [3.8, 4) is 0 Å².